The van der Waals surface area contributed by atoms with Gasteiger partial charge in [0.25, 0.3) is 11.8 Å². The van der Waals surface area contributed by atoms with Gasteiger partial charge in [-0.25, -0.2) is 0 Å². The molecule has 2 aliphatic carbocycles. The molecule has 5 atom stereocenters. The van der Waals surface area contributed by atoms with Gasteiger partial charge in [0.05, 0.1) is 35.7 Å². The Bertz CT molecular complexity index is 900. The zero-order chi connectivity index (χ0) is 20.9. The summed E-state index contributed by atoms with van der Waals surface area (Å²) in [7, 11) is 1.57. The molecule has 1 aliphatic heterocycles. The Morgan fingerprint density at radius 3 is 2.38 bits per heavy atom. The van der Waals surface area contributed by atoms with Crippen molar-refractivity contribution >= 4 is 49.9 Å². The number of hydrogen-bond donors (Lipinski definition) is 0. The van der Waals surface area contributed by atoms with Gasteiger partial charge in [0.15, 0.2) is 11.5 Å². The van der Waals surface area contributed by atoms with Crippen molar-refractivity contribution in [2.75, 3.05) is 7.11 Å². The average Bonchev–Trinajstić information content (AvgIpc) is 3.39. The summed E-state index contributed by atoms with van der Waals surface area (Å²) in [6.45, 7) is 4.03. The summed E-state index contributed by atoms with van der Waals surface area (Å²) in [6, 6.07) is 1.77. The van der Waals surface area contributed by atoms with Gasteiger partial charge in [-0.2, -0.15) is 10.1 Å². The highest BCUT2D eigenvalue weighted by Gasteiger charge is 2.59. The molecule has 1 saturated heterocycles. The quantitative estimate of drug-likeness (QED) is 0.310. The molecule has 1 aromatic rings. The van der Waals surface area contributed by atoms with Crippen LogP contribution < -0.4 is 9.47 Å². The molecule has 0 radical (unpaired) electrons. The number of rotatable bonds is 6. The summed E-state index contributed by atoms with van der Waals surface area (Å²) >= 11 is 7.10. The molecule has 2 amide bonds. The van der Waals surface area contributed by atoms with Crippen LogP contribution >= 0.6 is 31.9 Å². The topological polar surface area (TPSA) is 68.2 Å². The summed E-state index contributed by atoms with van der Waals surface area (Å²) < 4.78 is 12.9. The van der Waals surface area contributed by atoms with Gasteiger partial charge < -0.3 is 9.47 Å². The molecular weight excluding hydrogens is 504 g/mol. The van der Waals surface area contributed by atoms with Crippen LogP contribution in [0.2, 0.25) is 0 Å². The van der Waals surface area contributed by atoms with Crippen LogP contribution in [0.4, 0.5) is 0 Å². The van der Waals surface area contributed by atoms with E-state index in [1.54, 1.807) is 13.2 Å². The van der Waals surface area contributed by atoms with Crippen molar-refractivity contribution < 1.29 is 19.1 Å². The lowest BCUT2D eigenvalue weighted by Gasteiger charge is -2.19. The maximum Gasteiger partial charge on any atom is 0.254 e. The number of ether oxygens (including phenoxy) is 2. The fourth-order valence-electron chi connectivity index (χ4n) is 4.36. The van der Waals surface area contributed by atoms with Crippen molar-refractivity contribution in [3.63, 3.8) is 0 Å². The molecule has 1 heterocycles. The monoisotopic (exact) mass is 524 g/mol. The lowest BCUT2D eigenvalue weighted by molar-refractivity contribution is -0.140. The molecule has 3 aliphatic rings. The molecule has 8 heteroatoms. The summed E-state index contributed by atoms with van der Waals surface area (Å²) in [5.41, 5.74) is 0.670. The number of hydrogen-bond acceptors (Lipinski definition) is 5. The molecule has 0 spiro atoms. The minimum absolute atomic E-state index is 0.0230. The predicted molar refractivity (Wildman–Crippen MR) is 116 cm³/mol. The van der Waals surface area contributed by atoms with Gasteiger partial charge in [-0.05, 0) is 69.5 Å². The van der Waals surface area contributed by atoms with E-state index in [2.05, 4.69) is 49.1 Å². The number of allylic oxidation sites excluding steroid dienone is 2. The molecule has 0 N–H and O–H groups in total. The third kappa shape index (κ3) is 3.34. The van der Waals surface area contributed by atoms with Crippen LogP contribution in [0.3, 0.4) is 0 Å². The molecule has 6 nitrogen and oxygen atoms in total. The first kappa shape index (κ1) is 20.6. The van der Waals surface area contributed by atoms with E-state index in [1.807, 2.05) is 13.8 Å². The fourth-order valence-corrected chi connectivity index (χ4v) is 5.28. The maximum absolute atomic E-state index is 12.8. The minimum atomic E-state index is -0.259. The molecule has 0 aromatic heterocycles. The number of carbonyl (C=O) groups is 2. The van der Waals surface area contributed by atoms with Crippen molar-refractivity contribution in [3.05, 3.63) is 32.7 Å². The van der Waals surface area contributed by atoms with Crippen molar-refractivity contribution in [3.8, 4) is 11.5 Å². The molecule has 1 saturated carbocycles. The van der Waals surface area contributed by atoms with Gasteiger partial charge in [-0.1, -0.05) is 19.1 Å². The van der Waals surface area contributed by atoms with Crippen molar-refractivity contribution in [2.45, 2.75) is 32.8 Å². The zero-order valence-corrected chi connectivity index (χ0v) is 19.6. The second kappa shape index (κ2) is 7.87. The van der Waals surface area contributed by atoms with Gasteiger partial charge in [-0.3, -0.25) is 9.59 Å². The first-order chi connectivity index (χ1) is 13.9. The molecule has 154 valence electrons. The third-order valence-corrected chi connectivity index (χ3v) is 8.17. The highest BCUT2D eigenvalue weighted by atomic mass is 79.9. The number of hydrazone groups is 1. The fraction of sp³-hybridized carbons (Fsp3) is 0.476. The van der Waals surface area contributed by atoms with E-state index in [4.69, 9.17) is 9.47 Å². The van der Waals surface area contributed by atoms with Crippen LogP contribution in [0, 0.1) is 23.7 Å². The van der Waals surface area contributed by atoms with Crippen LogP contribution in [0.15, 0.2) is 32.3 Å². The van der Waals surface area contributed by atoms with Gasteiger partial charge in [0.2, 0.25) is 0 Å². The number of benzene rings is 1. The van der Waals surface area contributed by atoms with Crippen LogP contribution in [-0.4, -0.2) is 36.3 Å². The number of halogens is 2. The zero-order valence-electron chi connectivity index (χ0n) is 16.4. The summed E-state index contributed by atoms with van der Waals surface area (Å²) in [5.74, 6) is 0.547. The number of imide groups is 1. The highest BCUT2D eigenvalue weighted by Crippen LogP contribution is 2.52. The van der Waals surface area contributed by atoms with Gasteiger partial charge >= 0.3 is 0 Å². The summed E-state index contributed by atoms with van der Waals surface area (Å²) in [5, 5.41) is 5.29. The molecule has 2 fully saturated rings. The summed E-state index contributed by atoms with van der Waals surface area (Å²) in [6.07, 6.45) is 7.43. The Morgan fingerprint density at radius 2 is 1.83 bits per heavy atom. The smallest absolute Gasteiger partial charge is 0.254 e. The van der Waals surface area contributed by atoms with Crippen molar-refractivity contribution in [2.24, 2.45) is 28.8 Å². The number of fused-ring (bicyclic) bond motifs is 5. The van der Waals surface area contributed by atoms with Crippen LogP contribution in [-0.2, 0) is 9.59 Å². The Labute approximate surface area is 186 Å². The Hall–Kier alpha value is -1.67. The number of nitrogens with zero attached hydrogens (tertiary/aromatic N) is 2. The molecule has 1 aromatic carbocycles. The lowest BCUT2D eigenvalue weighted by Crippen LogP contribution is -2.28. The molecule has 0 unspecified atom stereocenters. The van der Waals surface area contributed by atoms with Gasteiger partial charge in [-0.15, -0.1) is 0 Å². The lowest BCUT2D eigenvalue weighted by atomic mass is 9.85. The first-order valence-corrected chi connectivity index (χ1v) is 11.3. The van der Waals surface area contributed by atoms with E-state index in [-0.39, 0.29) is 41.6 Å². The van der Waals surface area contributed by atoms with Crippen LogP contribution in [0.25, 0.3) is 0 Å². The molecule has 4 rings (SSSR count). The highest BCUT2D eigenvalue weighted by molar-refractivity contribution is 9.13. The molecule has 2 bridgehead atoms. The predicted octanol–water partition coefficient (Wildman–Crippen LogP) is 4.54. The Morgan fingerprint density at radius 1 is 1.21 bits per heavy atom. The maximum atomic E-state index is 12.8. The van der Waals surface area contributed by atoms with Crippen molar-refractivity contribution in [1.29, 1.82) is 0 Å². The average molecular weight is 526 g/mol. The Kier molecular flexibility index (Phi) is 5.59. The van der Waals surface area contributed by atoms with E-state index in [9.17, 15) is 9.59 Å². The van der Waals surface area contributed by atoms with E-state index in [0.29, 0.717) is 26.0 Å². The van der Waals surface area contributed by atoms with E-state index in [0.717, 1.165) is 17.9 Å². The van der Waals surface area contributed by atoms with Crippen LogP contribution in [0.5, 0.6) is 11.5 Å². The largest absolute Gasteiger partial charge is 0.493 e. The van der Waals surface area contributed by atoms with E-state index < -0.39 is 0 Å². The van der Waals surface area contributed by atoms with Gasteiger partial charge in [0.1, 0.15) is 0 Å². The third-order valence-electron chi connectivity index (χ3n) is 6.03. The van der Waals surface area contributed by atoms with Gasteiger partial charge in [0, 0.05) is 10.0 Å². The molecule has 29 heavy (non-hydrogen) atoms. The van der Waals surface area contributed by atoms with Crippen molar-refractivity contribution in [1.82, 2.24) is 5.01 Å². The number of amides is 2. The normalized spacial score (nSPS) is 28.5. The summed E-state index contributed by atoms with van der Waals surface area (Å²) in [4.78, 5) is 25.6. The number of methoxy groups -OCH3 is 1. The van der Waals surface area contributed by atoms with E-state index in [1.165, 1.54) is 6.21 Å². The standard InChI is InChI=1S/C21H22Br2N2O4/c1-4-10(2)29-19-14(28-3)8-13(17(22)18(19)23)9-24-25-20(26)15-11-5-6-12(7-11)16(15)21(25)27/h5-6,8-12,15-16H,4,7H2,1-3H3/t10-,11-,12-,15-,16+/m0/s1. The second-order valence-electron chi connectivity index (χ2n) is 7.69. The second-order valence-corrected chi connectivity index (χ2v) is 9.28. The first-order valence-electron chi connectivity index (χ1n) is 9.70. The van der Waals surface area contributed by atoms with Crippen LogP contribution in [0.1, 0.15) is 32.3 Å². The minimum Gasteiger partial charge on any atom is -0.493 e. The Balaban J connectivity index is 1.61. The van der Waals surface area contributed by atoms with E-state index >= 15 is 0 Å². The number of carbonyl (C=O) groups excluding carboxylic acids is 2. The molecular formula is C21H22Br2N2O4. The SMILES string of the molecule is CC[C@H](C)Oc1c(OC)cc(C=NN2C(=O)[C@@H]3[C@H](C2=O)[C@H]2C=C[C@H]3C2)c(Br)c1Br.